The van der Waals surface area contributed by atoms with Gasteiger partial charge in [-0.1, -0.05) is 81.4 Å². The molecule has 5 aromatic rings. The molecule has 3 atom stereocenters. The number of nitrogens with two attached hydrogens (primary N) is 1. The lowest BCUT2D eigenvalue weighted by molar-refractivity contribution is -0.131. The summed E-state index contributed by atoms with van der Waals surface area (Å²) in [6, 6.07) is 27.3. The van der Waals surface area contributed by atoms with Gasteiger partial charge in [0.05, 0.1) is 63.5 Å². The minimum atomic E-state index is -0.731. The number of carbonyl (C=O) groups is 6. The van der Waals surface area contributed by atoms with Crippen LogP contribution in [0.3, 0.4) is 0 Å². The van der Waals surface area contributed by atoms with Crippen LogP contribution in [-0.2, 0) is 55.1 Å². The molecule has 2 aliphatic rings. The van der Waals surface area contributed by atoms with Crippen LogP contribution < -0.4 is 31.2 Å². The van der Waals surface area contributed by atoms with Crippen molar-refractivity contribution in [3.63, 3.8) is 0 Å². The summed E-state index contributed by atoms with van der Waals surface area (Å²) in [7, 11) is 3.28. The molecule has 0 spiro atoms. The number of nitrogens with zero attached hydrogens (tertiary/aromatic N) is 3. The van der Waals surface area contributed by atoms with Gasteiger partial charge in [-0.3, -0.25) is 33.8 Å². The van der Waals surface area contributed by atoms with Gasteiger partial charge < -0.3 is 50.1 Å². The molecule has 74 heavy (non-hydrogen) atoms. The fourth-order valence-electron chi connectivity index (χ4n) is 8.86. The van der Waals surface area contributed by atoms with Gasteiger partial charge in [-0.2, -0.15) is 0 Å². The Morgan fingerprint density at radius 2 is 1.50 bits per heavy atom. The van der Waals surface area contributed by atoms with Crippen LogP contribution in [0.1, 0.15) is 83.9 Å². The number of anilines is 2. The van der Waals surface area contributed by atoms with Crippen molar-refractivity contribution in [3.8, 4) is 22.6 Å². The number of aromatic nitrogens is 1. The molecule has 0 radical (unpaired) electrons. The number of aliphatic imine (C=N–C) groups is 1. The zero-order valence-electron chi connectivity index (χ0n) is 42.8. The topological polar surface area (TPSA) is 222 Å². The number of nitrogens with one attached hydrogen (secondary N) is 3. The summed E-state index contributed by atoms with van der Waals surface area (Å²) in [5.41, 5.74) is 12.4. The monoisotopic (exact) mass is 1010 g/mol. The van der Waals surface area contributed by atoms with Crippen LogP contribution in [-0.4, -0.2) is 110 Å². The summed E-state index contributed by atoms with van der Waals surface area (Å²) in [5, 5.41) is 8.60. The smallest absolute Gasteiger partial charge is 0.257 e. The molecule has 1 aromatic heterocycles. The van der Waals surface area contributed by atoms with Crippen molar-refractivity contribution in [2.24, 2.45) is 29.6 Å². The molecule has 0 saturated heterocycles. The maximum Gasteiger partial charge on any atom is 0.257 e. The van der Waals surface area contributed by atoms with E-state index in [2.05, 4.69) is 22.0 Å². The van der Waals surface area contributed by atoms with Crippen molar-refractivity contribution < 1.29 is 47.7 Å². The Hall–Kier alpha value is -7.47. The number of benzene rings is 4. The van der Waals surface area contributed by atoms with Crippen LogP contribution in [0.4, 0.5) is 17.2 Å². The first kappa shape index (κ1) is 54.3. The highest BCUT2D eigenvalue weighted by atomic mass is 16.5. The van der Waals surface area contributed by atoms with Gasteiger partial charge in [-0.25, -0.2) is 0 Å². The number of hydrogen-bond acceptors (Lipinski definition) is 12. The number of methoxy groups -OCH3 is 1. The van der Waals surface area contributed by atoms with Gasteiger partial charge in [-0.15, -0.1) is 0 Å². The van der Waals surface area contributed by atoms with Crippen LogP contribution in [0.15, 0.2) is 102 Å². The third-order valence-electron chi connectivity index (χ3n) is 13.0. The molecule has 0 unspecified atom stereocenters. The first-order chi connectivity index (χ1) is 35.7. The van der Waals surface area contributed by atoms with Crippen LogP contribution in [0.5, 0.6) is 11.5 Å². The molecule has 17 nitrogen and oxygen atoms in total. The second-order valence-corrected chi connectivity index (χ2v) is 19.0. The number of Topliss-reactive ketones (excluding diaryl/α,β-unsaturated/α-hetero) is 2. The largest absolute Gasteiger partial charge is 0.493 e. The first-order valence-electron chi connectivity index (χ1n) is 25.1. The van der Waals surface area contributed by atoms with E-state index in [0.29, 0.717) is 85.6 Å². The predicted octanol–water partition coefficient (Wildman–Crippen LogP) is 7.26. The van der Waals surface area contributed by atoms with Crippen molar-refractivity contribution in [1.82, 2.24) is 14.8 Å². The van der Waals surface area contributed by atoms with Gasteiger partial charge in [-0.05, 0) is 70.8 Å². The predicted molar refractivity (Wildman–Crippen MR) is 283 cm³/mol. The summed E-state index contributed by atoms with van der Waals surface area (Å²) >= 11 is 0. The molecular weight excluding hydrogens is 943 g/mol. The van der Waals surface area contributed by atoms with Crippen molar-refractivity contribution in [1.29, 1.82) is 0 Å². The highest BCUT2D eigenvalue weighted by molar-refractivity contribution is 6.04. The number of hydrogen-bond donors (Lipinski definition) is 4. The summed E-state index contributed by atoms with van der Waals surface area (Å²) in [6.45, 7) is 7.88. The molecule has 2 aliphatic heterocycles. The van der Waals surface area contributed by atoms with Crippen LogP contribution >= 0.6 is 0 Å². The van der Waals surface area contributed by atoms with Crippen LogP contribution in [0, 0.1) is 11.8 Å². The summed E-state index contributed by atoms with van der Waals surface area (Å²) in [4.78, 5) is 85.6. The normalized spacial score (nSPS) is 14.5. The maximum atomic E-state index is 13.7. The van der Waals surface area contributed by atoms with E-state index in [1.807, 2.05) is 79.6 Å². The SMILES string of the molecule is COc1cc2c(cc1OCCCC(=O)Nc1cc(C(=O)Cc3ccc(-c4ccc(NC(=O)[C@H](C)CC(=O)[C@@H](NC(=O)CCOCCOCCN)C(C)C)cc4)cc3)cn1C)N=C[C@@H]1Cc3ccccc3CN1C2=O. The van der Waals surface area contributed by atoms with Gasteiger partial charge in [0, 0.05) is 81.5 Å². The number of fused-ring (bicyclic) bond motifs is 3. The third kappa shape index (κ3) is 14.4. The fourth-order valence-corrected chi connectivity index (χ4v) is 8.86. The van der Waals surface area contributed by atoms with Crippen molar-refractivity contribution in [2.45, 2.75) is 77.9 Å². The standard InChI is InChI=1S/C57H67N7O10/c1-36(2)55(62-54(68)20-23-72-25-26-73-24-21-58)49(66)27-37(3)56(69)60-44-18-16-40(17-19-44)39-14-12-38(13-15-39)28-48(65)43-30-52(63(4)34-43)61-53(67)11-8-22-74-51-32-47-46(31-50(51)71-5)57(70)64-35-42-10-7-6-9-41(42)29-45(64)33-59-47/h6-7,9-10,12-19,30-34,36-37,45,55H,8,11,20-29,35,58H2,1-5H3,(H,60,69)(H,61,67)(H,62,68)/t37-,45+,55+/m1/s1. The summed E-state index contributed by atoms with van der Waals surface area (Å²) in [5.74, 6) is -0.772. The van der Waals surface area contributed by atoms with Gasteiger partial charge in [0.15, 0.2) is 23.1 Å². The van der Waals surface area contributed by atoms with E-state index >= 15 is 0 Å². The van der Waals surface area contributed by atoms with E-state index in [0.717, 1.165) is 22.3 Å². The van der Waals surface area contributed by atoms with E-state index in [9.17, 15) is 28.8 Å². The first-order valence-corrected chi connectivity index (χ1v) is 25.1. The number of rotatable bonds is 26. The number of amides is 4. The number of carbonyl (C=O) groups excluding carboxylic acids is 6. The molecule has 5 N–H and O–H groups in total. The zero-order chi connectivity index (χ0) is 52.7. The van der Waals surface area contributed by atoms with E-state index in [4.69, 9.17) is 29.7 Å². The van der Waals surface area contributed by atoms with E-state index in [1.54, 1.807) is 55.1 Å². The summed E-state index contributed by atoms with van der Waals surface area (Å²) in [6.07, 6.45) is 4.99. The zero-order valence-corrected chi connectivity index (χ0v) is 42.8. The second kappa shape index (κ2) is 26.0. The molecule has 4 amide bonds. The third-order valence-corrected chi connectivity index (χ3v) is 13.0. The molecule has 0 fully saturated rings. The Kier molecular flexibility index (Phi) is 19.0. The average Bonchev–Trinajstić information content (AvgIpc) is 3.71. The van der Waals surface area contributed by atoms with Crippen molar-refractivity contribution >= 4 is 58.6 Å². The Morgan fingerprint density at radius 3 is 2.20 bits per heavy atom. The lowest BCUT2D eigenvalue weighted by Gasteiger charge is -2.34. The molecule has 0 aliphatic carbocycles. The van der Waals surface area contributed by atoms with Crippen molar-refractivity contribution in [3.05, 3.63) is 125 Å². The van der Waals surface area contributed by atoms with Crippen LogP contribution in [0.2, 0.25) is 0 Å². The Balaban J connectivity index is 0.832. The van der Waals surface area contributed by atoms with E-state index < -0.39 is 12.0 Å². The minimum absolute atomic E-state index is 0.0371. The highest BCUT2D eigenvalue weighted by Gasteiger charge is 2.33. The molecule has 3 heterocycles. The Morgan fingerprint density at radius 1 is 0.797 bits per heavy atom. The molecule has 390 valence electrons. The lowest BCUT2D eigenvalue weighted by Crippen LogP contribution is -2.45. The molecule has 0 saturated carbocycles. The molecule has 7 rings (SSSR count). The Bertz CT molecular complexity index is 2820. The lowest BCUT2D eigenvalue weighted by atomic mass is 9.92. The van der Waals surface area contributed by atoms with Gasteiger partial charge in [0.1, 0.15) is 5.82 Å². The maximum absolute atomic E-state index is 13.7. The van der Waals surface area contributed by atoms with Crippen LogP contribution in [0.25, 0.3) is 11.1 Å². The second-order valence-electron chi connectivity index (χ2n) is 19.0. The van der Waals surface area contributed by atoms with E-state index in [-0.39, 0.29) is 86.1 Å². The minimum Gasteiger partial charge on any atom is -0.493 e. The van der Waals surface area contributed by atoms with Gasteiger partial charge in [0.2, 0.25) is 17.7 Å². The number of ketones is 2. The molecule has 0 bridgehead atoms. The molecule has 17 heteroatoms. The van der Waals surface area contributed by atoms with Gasteiger partial charge in [0.25, 0.3) is 5.91 Å². The van der Waals surface area contributed by atoms with E-state index in [1.165, 1.54) is 12.7 Å². The van der Waals surface area contributed by atoms with Gasteiger partial charge >= 0.3 is 0 Å². The summed E-state index contributed by atoms with van der Waals surface area (Å²) < 4.78 is 24.1. The fraction of sp³-hybridized carbons (Fsp3) is 0.386. The number of ether oxygens (including phenoxy) is 4. The van der Waals surface area contributed by atoms with Crippen molar-refractivity contribution in [2.75, 3.05) is 57.3 Å². The quantitative estimate of drug-likeness (QED) is 0.0319. The molecular formula is C57H67N7O10. The highest BCUT2D eigenvalue weighted by Crippen LogP contribution is 2.38. The number of aryl methyl sites for hydroxylation is 1. The Labute approximate surface area is 432 Å². The molecule has 4 aromatic carbocycles. The average molecular weight is 1010 g/mol.